The molecule has 3 atom stereocenters. The van der Waals surface area contributed by atoms with E-state index < -0.39 is 22.5 Å². The lowest BCUT2D eigenvalue weighted by Crippen LogP contribution is -2.61. The van der Waals surface area contributed by atoms with Crippen LogP contribution < -0.4 is 0 Å². The highest BCUT2D eigenvalue weighted by Crippen LogP contribution is 2.63. The highest BCUT2D eigenvalue weighted by Gasteiger charge is 2.74. The molecule has 1 amide bonds. The van der Waals surface area contributed by atoms with E-state index >= 15 is 0 Å². The van der Waals surface area contributed by atoms with E-state index in [0.717, 1.165) is 19.6 Å². The summed E-state index contributed by atoms with van der Waals surface area (Å²) in [5.74, 6) is 0.0812. The first kappa shape index (κ1) is 22.2. The van der Waals surface area contributed by atoms with Gasteiger partial charge in [0.05, 0.1) is 12.5 Å². The van der Waals surface area contributed by atoms with Crippen LogP contribution in [-0.4, -0.2) is 85.9 Å². The molecule has 174 valence electrons. The van der Waals surface area contributed by atoms with E-state index in [1.54, 1.807) is 4.90 Å². The molecule has 1 unspecified atom stereocenters. The average Bonchev–Trinajstić information content (AvgIpc) is 2.96. The van der Waals surface area contributed by atoms with E-state index in [-0.39, 0.29) is 18.6 Å². The second-order valence-electron chi connectivity index (χ2n) is 10.3. The van der Waals surface area contributed by atoms with Crippen molar-refractivity contribution in [2.75, 3.05) is 46.4 Å². The van der Waals surface area contributed by atoms with Crippen molar-refractivity contribution in [3.63, 3.8) is 0 Å². The third kappa shape index (κ3) is 3.97. The monoisotopic (exact) mass is 437 g/mol. The summed E-state index contributed by atoms with van der Waals surface area (Å²) in [4.78, 5) is 35.3. The minimum atomic E-state index is -0.881. The number of hydrogen-bond donors (Lipinski definition) is 0. The summed E-state index contributed by atoms with van der Waals surface area (Å²) in [7, 11) is 1.38. The lowest BCUT2D eigenvalue weighted by molar-refractivity contribution is -0.167. The Labute approximate surface area is 184 Å². The minimum Gasteiger partial charge on any atom is -0.470 e. The van der Waals surface area contributed by atoms with Gasteiger partial charge >= 0.3 is 12.1 Å². The van der Waals surface area contributed by atoms with Crippen LogP contribution in [0.4, 0.5) is 4.79 Å². The van der Waals surface area contributed by atoms with Gasteiger partial charge in [-0.15, -0.1) is 0 Å². The van der Waals surface area contributed by atoms with E-state index in [4.69, 9.17) is 19.0 Å². The summed E-state index contributed by atoms with van der Waals surface area (Å²) < 4.78 is 17.1. The first-order chi connectivity index (χ1) is 14.7. The summed E-state index contributed by atoms with van der Waals surface area (Å²) in [6.45, 7) is 9.31. The molecule has 0 N–H and O–H groups in total. The molecule has 3 fully saturated rings. The van der Waals surface area contributed by atoms with Crippen LogP contribution in [0.3, 0.4) is 0 Å². The Morgan fingerprint density at radius 3 is 2.52 bits per heavy atom. The number of hydrogen-bond acceptors (Lipinski definition) is 8. The molecule has 0 radical (unpaired) electrons. The van der Waals surface area contributed by atoms with E-state index in [1.165, 1.54) is 26.4 Å². The van der Waals surface area contributed by atoms with Gasteiger partial charge in [-0.25, -0.2) is 4.79 Å². The van der Waals surface area contributed by atoms with Crippen molar-refractivity contribution in [3.05, 3.63) is 0 Å². The molecule has 4 aliphatic rings. The molecule has 0 aromatic heterocycles. The molecule has 0 aromatic carbocycles. The summed E-state index contributed by atoms with van der Waals surface area (Å²) in [6.07, 6.45) is 4.39. The number of oxime groups is 1. The maximum absolute atomic E-state index is 12.9. The normalized spacial score (nSPS) is 33.4. The van der Waals surface area contributed by atoms with Gasteiger partial charge in [0.1, 0.15) is 17.1 Å². The number of amides is 1. The topological polar surface area (TPSA) is 89.9 Å². The fourth-order valence-electron chi connectivity index (χ4n) is 5.40. The number of rotatable bonds is 4. The SMILES string of the molecule is COC(=O)[C@@]12CC[C@]1(C1=NOCC(CN3CCCCC3)O1)CN(C(=O)OC(C)(C)C)C2. The third-order valence-electron chi connectivity index (χ3n) is 7.05. The van der Waals surface area contributed by atoms with Crippen LogP contribution in [0.25, 0.3) is 0 Å². The molecule has 1 saturated carbocycles. The van der Waals surface area contributed by atoms with Crippen LogP contribution in [0, 0.1) is 10.8 Å². The number of carbonyl (C=O) groups excluding carboxylic acids is 2. The van der Waals surface area contributed by atoms with Crippen molar-refractivity contribution < 1.29 is 28.6 Å². The van der Waals surface area contributed by atoms with Gasteiger partial charge in [-0.3, -0.25) is 9.69 Å². The van der Waals surface area contributed by atoms with Crippen LogP contribution in [0.2, 0.25) is 0 Å². The second kappa shape index (κ2) is 8.15. The van der Waals surface area contributed by atoms with Gasteiger partial charge in [-0.2, -0.15) is 0 Å². The van der Waals surface area contributed by atoms with Crippen molar-refractivity contribution in [3.8, 4) is 0 Å². The first-order valence-electron chi connectivity index (χ1n) is 11.3. The lowest BCUT2D eigenvalue weighted by Gasteiger charge is -2.51. The molecule has 9 nitrogen and oxygen atoms in total. The number of likely N-dealkylation sites (tertiary alicyclic amines) is 2. The average molecular weight is 438 g/mol. The number of carbonyl (C=O) groups is 2. The standard InChI is InChI=1S/C22H35N3O6/c1-20(2,3)31-19(27)25-14-21(8-9-22(21,15-25)18(26)28-4)17-23-29-13-16(30-17)12-24-10-6-5-7-11-24/h16H,5-15H2,1-4H3/t16?,21-,22+/m1/s1. The van der Waals surface area contributed by atoms with Gasteiger partial charge in [0.15, 0.2) is 6.61 Å². The van der Waals surface area contributed by atoms with Crippen LogP contribution in [-0.2, 0) is 23.8 Å². The fourth-order valence-corrected chi connectivity index (χ4v) is 5.40. The Morgan fingerprint density at radius 2 is 1.90 bits per heavy atom. The number of ether oxygens (including phenoxy) is 3. The van der Waals surface area contributed by atoms with E-state index in [9.17, 15) is 9.59 Å². The quantitative estimate of drug-likeness (QED) is 0.624. The molecule has 2 saturated heterocycles. The van der Waals surface area contributed by atoms with Crippen LogP contribution >= 0.6 is 0 Å². The molecule has 3 aliphatic heterocycles. The summed E-state index contributed by atoms with van der Waals surface area (Å²) >= 11 is 0. The lowest BCUT2D eigenvalue weighted by atomic mass is 9.50. The summed E-state index contributed by atoms with van der Waals surface area (Å²) in [5, 5.41) is 4.25. The fraction of sp³-hybridized carbons (Fsp3) is 0.864. The van der Waals surface area contributed by atoms with Gasteiger partial charge in [0, 0.05) is 19.6 Å². The van der Waals surface area contributed by atoms with Crippen molar-refractivity contribution in [2.24, 2.45) is 16.0 Å². The molecule has 3 heterocycles. The Balaban J connectivity index is 1.53. The Hall–Kier alpha value is -2.03. The van der Waals surface area contributed by atoms with Crippen molar-refractivity contribution >= 4 is 18.0 Å². The number of methoxy groups -OCH3 is 1. The minimum absolute atomic E-state index is 0.147. The molecule has 0 aromatic rings. The van der Waals surface area contributed by atoms with E-state index in [1.807, 2.05) is 20.8 Å². The molecule has 9 heteroatoms. The highest BCUT2D eigenvalue weighted by atomic mass is 16.7. The zero-order chi connectivity index (χ0) is 22.3. The van der Waals surface area contributed by atoms with E-state index in [2.05, 4.69) is 10.1 Å². The van der Waals surface area contributed by atoms with Gasteiger partial charge < -0.3 is 23.9 Å². The van der Waals surface area contributed by atoms with Gasteiger partial charge in [-0.1, -0.05) is 11.6 Å². The number of piperidine rings is 1. The van der Waals surface area contributed by atoms with Crippen LogP contribution in [0.1, 0.15) is 52.9 Å². The number of esters is 1. The predicted molar refractivity (Wildman–Crippen MR) is 112 cm³/mol. The smallest absolute Gasteiger partial charge is 0.410 e. The van der Waals surface area contributed by atoms with Gasteiger partial charge in [-0.05, 0) is 59.5 Å². The molecular weight excluding hydrogens is 402 g/mol. The molecular formula is C22H35N3O6. The van der Waals surface area contributed by atoms with Gasteiger partial charge in [0.25, 0.3) is 0 Å². The van der Waals surface area contributed by atoms with Crippen molar-refractivity contribution in [1.82, 2.24) is 9.80 Å². The zero-order valence-corrected chi connectivity index (χ0v) is 19.1. The molecule has 1 aliphatic carbocycles. The van der Waals surface area contributed by atoms with Crippen molar-refractivity contribution in [1.29, 1.82) is 0 Å². The molecule has 31 heavy (non-hydrogen) atoms. The Bertz CT molecular complexity index is 744. The Kier molecular flexibility index (Phi) is 5.83. The number of nitrogens with zero attached hydrogens (tertiary/aromatic N) is 3. The molecule has 0 bridgehead atoms. The second-order valence-corrected chi connectivity index (χ2v) is 10.3. The van der Waals surface area contributed by atoms with E-state index in [0.29, 0.717) is 31.9 Å². The zero-order valence-electron chi connectivity index (χ0n) is 19.1. The third-order valence-corrected chi connectivity index (χ3v) is 7.05. The maximum Gasteiger partial charge on any atom is 0.410 e. The van der Waals surface area contributed by atoms with Crippen LogP contribution in [0.5, 0.6) is 0 Å². The van der Waals surface area contributed by atoms with Crippen molar-refractivity contribution in [2.45, 2.75) is 64.6 Å². The first-order valence-corrected chi connectivity index (χ1v) is 11.3. The highest BCUT2D eigenvalue weighted by molar-refractivity contribution is 5.95. The molecule has 0 spiro atoms. The van der Waals surface area contributed by atoms with Crippen LogP contribution in [0.15, 0.2) is 5.16 Å². The number of fused-ring (bicyclic) bond motifs is 1. The Morgan fingerprint density at radius 1 is 1.16 bits per heavy atom. The summed E-state index contributed by atoms with van der Waals surface area (Å²) in [5.41, 5.74) is -2.24. The maximum atomic E-state index is 12.9. The summed E-state index contributed by atoms with van der Waals surface area (Å²) in [6, 6.07) is 0. The molecule has 4 rings (SSSR count). The predicted octanol–water partition coefficient (Wildman–Crippen LogP) is 2.39. The largest absolute Gasteiger partial charge is 0.470 e. The van der Waals surface area contributed by atoms with Gasteiger partial charge in [0.2, 0.25) is 5.90 Å².